The van der Waals surface area contributed by atoms with Crippen LogP contribution in [0, 0.1) is 0 Å². The average Bonchev–Trinajstić information content (AvgIpc) is 2.41. The van der Waals surface area contributed by atoms with E-state index in [1.165, 1.54) is 11.8 Å². The molecule has 2 amide bonds. The number of carbonyl (C=O) groups is 2. The smallest absolute Gasteiger partial charge is 0.248 e. The fourth-order valence-electron chi connectivity index (χ4n) is 2.35. The van der Waals surface area contributed by atoms with E-state index in [0.717, 1.165) is 5.56 Å². The molecule has 1 aliphatic rings. The minimum atomic E-state index is -0.741. The number of hydrogen-bond acceptors (Lipinski definition) is 3. The molecule has 1 atom stereocenters. The van der Waals surface area contributed by atoms with Crippen LogP contribution in [0.3, 0.4) is 0 Å². The summed E-state index contributed by atoms with van der Waals surface area (Å²) in [4.78, 5) is 26.8. The molecule has 19 heavy (non-hydrogen) atoms. The molecule has 0 aromatic heterocycles. The van der Waals surface area contributed by atoms with Gasteiger partial charge in [0, 0.05) is 26.6 Å². The van der Waals surface area contributed by atoms with Gasteiger partial charge in [-0.25, -0.2) is 0 Å². The van der Waals surface area contributed by atoms with Crippen LogP contribution in [0.15, 0.2) is 30.3 Å². The fraction of sp³-hybridized carbons (Fsp3) is 0.429. The SMILES string of the molecule is CC(=O)N1CCN(Cc2ccccc2)C(=O)[C@@H]1CO. The number of nitrogens with zero attached hydrogens (tertiary/aromatic N) is 2. The lowest BCUT2D eigenvalue weighted by molar-refractivity contribution is -0.152. The number of amides is 2. The van der Waals surface area contributed by atoms with Gasteiger partial charge in [-0.05, 0) is 5.56 Å². The molecule has 1 fully saturated rings. The Bertz CT molecular complexity index is 461. The van der Waals surface area contributed by atoms with Gasteiger partial charge in [0.1, 0.15) is 6.04 Å². The van der Waals surface area contributed by atoms with Gasteiger partial charge in [0.25, 0.3) is 0 Å². The monoisotopic (exact) mass is 262 g/mol. The van der Waals surface area contributed by atoms with Crippen molar-refractivity contribution in [3.63, 3.8) is 0 Å². The van der Waals surface area contributed by atoms with Crippen LogP contribution in [0.5, 0.6) is 0 Å². The zero-order valence-electron chi connectivity index (χ0n) is 11.0. The van der Waals surface area contributed by atoms with E-state index in [1.54, 1.807) is 4.90 Å². The van der Waals surface area contributed by atoms with E-state index in [9.17, 15) is 14.7 Å². The third kappa shape index (κ3) is 2.93. The molecule has 0 radical (unpaired) electrons. The summed E-state index contributed by atoms with van der Waals surface area (Å²) in [6, 6.07) is 8.95. The minimum Gasteiger partial charge on any atom is -0.394 e. The molecule has 2 rings (SSSR count). The fourth-order valence-corrected chi connectivity index (χ4v) is 2.35. The molecule has 0 saturated carbocycles. The summed E-state index contributed by atoms with van der Waals surface area (Å²) in [5, 5.41) is 9.32. The van der Waals surface area contributed by atoms with Crippen molar-refractivity contribution in [1.82, 2.24) is 9.80 Å². The summed E-state index contributed by atoms with van der Waals surface area (Å²) in [6.45, 7) is 2.58. The van der Waals surface area contributed by atoms with Crippen LogP contribution in [0.25, 0.3) is 0 Å². The topological polar surface area (TPSA) is 60.9 Å². The molecule has 1 aromatic carbocycles. The third-order valence-electron chi connectivity index (χ3n) is 3.38. The highest BCUT2D eigenvalue weighted by Gasteiger charge is 2.35. The predicted octanol–water partition coefficient (Wildman–Crippen LogP) is 0.238. The van der Waals surface area contributed by atoms with Gasteiger partial charge in [0.2, 0.25) is 11.8 Å². The Hall–Kier alpha value is -1.88. The quantitative estimate of drug-likeness (QED) is 0.848. The molecule has 0 aliphatic carbocycles. The second-order valence-electron chi connectivity index (χ2n) is 4.66. The molecule has 1 N–H and O–H groups in total. The first-order chi connectivity index (χ1) is 9.13. The maximum absolute atomic E-state index is 12.2. The van der Waals surface area contributed by atoms with E-state index in [1.807, 2.05) is 30.3 Å². The van der Waals surface area contributed by atoms with Crippen molar-refractivity contribution in [1.29, 1.82) is 0 Å². The van der Waals surface area contributed by atoms with Gasteiger partial charge in [-0.3, -0.25) is 9.59 Å². The maximum atomic E-state index is 12.2. The van der Waals surface area contributed by atoms with Crippen LogP contribution >= 0.6 is 0 Å². The normalized spacial score (nSPS) is 19.7. The molecular weight excluding hydrogens is 244 g/mol. The van der Waals surface area contributed by atoms with Crippen LogP contribution in [0.2, 0.25) is 0 Å². The number of carbonyl (C=O) groups excluding carboxylic acids is 2. The molecule has 1 saturated heterocycles. The van der Waals surface area contributed by atoms with E-state index < -0.39 is 6.04 Å². The lowest BCUT2D eigenvalue weighted by atomic mass is 10.1. The highest BCUT2D eigenvalue weighted by Crippen LogP contribution is 2.14. The van der Waals surface area contributed by atoms with Crippen molar-refractivity contribution in [2.24, 2.45) is 0 Å². The molecule has 5 heteroatoms. The van der Waals surface area contributed by atoms with Gasteiger partial charge < -0.3 is 14.9 Å². The van der Waals surface area contributed by atoms with Gasteiger partial charge in [-0.1, -0.05) is 30.3 Å². The molecule has 0 bridgehead atoms. The Morgan fingerprint density at radius 1 is 1.32 bits per heavy atom. The number of benzene rings is 1. The van der Waals surface area contributed by atoms with Crippen LogP contribution in [0.1, 0.15) is 12.5 Å². The molecule has 0 spiro atoms. The molecule has 0 unspecified atom stereocenters. The standard InChI is InChI=1S/C14H18N2O3/c1-11(18)16-8-7-15(14(19)13(16)10-17)9-12-5-3-2-4-6-12/h2-6,13,17H,7-10H2,1H3/t13-/m0/s1. The van der Waals surface area contributed by atoms with E-state index in [-0.39, 0.29) is 18.4 Å². The van der Waals surface area contributed by atoms with Gasteiger partial charge >= 0.3 is 0 Å². The Labute approximate surface area is 112 Å². The summed E-state index contributed by atoms with van der Waals surface area (Å²) >= 11 is 0. The van der Waals surface area contributed by atoms with Gasteiger partial charge in [0.15, 0.2) is 0 Å². The van der Waals surface area contributed by atoms with Crippen molar-refractivity contribution in [2.75, 3.05) is 19.7 Å². The Kier molecular flexibility index (Phi) is 4.16. The van der Waals surface area contributed by atoms with Gasteiger partial charge in [-0.15, -0.1) is 0 Å². The number of aliphatic hydroxyl groups is 1. The van der Waals surface area contributed by atoms with E-state index >= 15 is 0 Å². The summed E-state index contributed by atoms with van der Waals surface area (Å²) in [5.74, 6) is -0.362. The molecular formula is C14H18N2O3. The van der Waals surface area contributed by atoms with Crippen molar-refractivity contribution in [3.8, 4) is 0 Å². The Morgan fingerprint density at radius 2 is 2.00 bits per heavy atom. The highest BCUT2D eigenvalue weighted by molar-refractivity contribution is 5.88. The van der Waals surface area contributed by atoms with Crippen molar-refractivity contribution in [2.45, 2.75) is 19.5 Å². The number of hydrogen-bond donors (Lipinski definition) is 1. The molecule has 1 aliphatic heterocycles. The second-order valence-corrected chi connectivity index (χ2v) is 4.66. The first kappa shape index (κ1) is 13.5. The second kappa shape index (κ2) is 5.84. The van der Waals surface area contributed by atoms with E-state index in [4.69, 9.17) is 0 Å². The summed E-state index contributed by atoms with van der Waals surface area (Å²) in [7, 11) is 0. The van der Waals surface area contributed by atoms with Crippen LogP contribution in [0.4, 0.5) is 0 Å². The number of piperazine rings is 1. The Morgan fingerprint density at radius 3 is 2.58 bits per heavy atom. The molecule has 102 valence electrons. The zero-order valence-corrected chi connectivity index (χ0v) is 11.0. The molecule has 1 aromatic rings. The number of rotatable bonds is 3. The van der Waals surface area contributed by atoms with Crippen molar-refractivity contribution >= 4 is 11.8 Å². The minimum absolute atomic E-state index is 0.174. The average molecular weight is 262 g/mol. The summed E-state index contributed by atoms with van der Waals surface area (Å²) in [6.07, 6.45) is 0. The van der Waals surface area contributed by atoms with E-state index in [0.29, 0.717) is 19.6 Å². The lowest BCUT2D eigenvalue weighted by Gasteiger charge is -2.39. The van der Waals surface area contributed by atoms with Crippen LogP contribution in [-0.2, 0) is 16.1 Å². The predicted molar refractivity (Wildman–Crippen MR) is 70.1 cm³/mol. The summed E-state index contributed by atoms with van der Waals surface area (Å²) in [5.41, 5.74) is 1.05. The van der Waals surface area contributed by atoms with Gasteiger partial charge in [0.05, 0.1) is 6.61 Å². The first-order valence-corrected chi connectivity index (χ1v) is 6.34. The largest absolute Gasteiger partial charge is 0.394 e. The molecule has 5 nitrogen and oxygen atoms in total. The Balaban J connectivity index is 2.09. The molecule has 1 heterocycles. The first-order valence-electron chi connectivity index (χ1n) is 6.34. The van der Waals surface area contributed by atoms with Crippen LogP contribution < -0.4 is 0 Å². The summed E-state index contributed by atoms with van der Waals surface area (Å²) < 4.78 is 0. The maximum Gasteiger partial charge on any atom is 0.248 e. The zero-order chi connectivity index (χ0) is 13.8. The third-order valence-corrected chi connectivity index (χ3v) is 3.38. The van der Waals surface area contributed by atoms with Crippen molar-refractivity contribution in [3.05, 3.63) is 35.9 Å². The lowest BCUT2D eigenvalue weighted by Crippen LogP contribution is -2.59. The van der Waals surface area contributed by atoms with Crippen LogP contribution in [-0.4, -0.2) is 52.5 Å². The number of aliphatic hydroxyl groups excluding tert-OH is 1. The van der Waals surface area contributed by atoms with Gasteiger partial charge in [-0.2, -0.15) is 0 Å². The van der Waals surface area contributed by atoms with Crippen molar-refractivity contribution < 1.29 is 14.7 Å². The van der Waals surface area contributed by atoms with E-state index in [2.05, 4.69) is 0 Å². The highest BCUT2D eigenvalue weighted by atomic mass is 16.3.